The van der Waals surface area contributed by atoms with E-state index in [2.05, 4.69) is 16.2 Å². The summed E-state index contributed by atoms with van der Waals surface area (Å²) in [5.41, 5.74) is 0. The lowest BCUT2D eigenvalue weighted by atomic mass is 10.2. The Morgan fingerprint density at radius 2 is 2.00 bits per heavy atom. The molecule has 1 aromatic rings. The smallest absolute Gasteiger partial charge is 0.126 e. The second kappa shape index (κ2) is 4.23. The molecule has 0 bridgehead atoms. The van der Waals surface area contributed by atoms with Gasteiger partial charge in [-0.15, -0.1) is 0 Å². The van der Waals surface area contributed by atoms with E-state index in [4.69, 9.17) is 9.47 Å². The first-order chi connectivity index (χ1) is 6.85. The van der Waals surface area contributed by atoms with Crippen LogP contribution in [-0.2, 0) is 4.74 Å². The van der Waals surface area contributed by atoms with E-state index in [9.17, 15) is 0 Å². The number of fused-ring (bicyclic) bond motifs is 1. The molecular formula is C11H11IO2. The van der Waals surface area contributed by atoms with Gasteiger partial charge < -0.3 is 9.47 Å². The van der Waals surface area contributed by atoms with Crippen molar-refractivity contribution in [2.24, 2.45) is 0 Å². The van der Waals surface area contributed by atoms with Gasteiger partial charge >= 0.3 is 0 Å². The molecule has 74 valence electrons. The van der Waals surface area contributed by atoms with Crippen LogP contribution in [0.2, 0.25) is 0 Å². The summed E-state index contributed by atoms with van der Waals surface area (Å²) in [7, 11) is 3.42. The van der Waals surface area contributed by atoms with Gasteiger partial charge in [-0.05, 0) is 21.4 Å². The van der Waals surface area contributed by atoms with Crippen LogP contribution in [0.25, 0.3) is 10.2 Å². The highest BCUT2D eigenvalue weighted by Crippen LogP contribution is 2.09. The molecule has 1 aliphatic rings. The van der Waals surface area contributed by atoms with Crippen LogP contribution in [0.4, 0.5) is 0 Å². The molecule has 0 aromatic heterocycles. The molecule has 1 aromatic carbocycles. The standard InChI is InChI=1S/C11H11IO2/c1-13-10-5-3-4-8-7-12-11(14-2)6-9(8)10/h3-7H,1-2H3. The third kappa shape index (κ3) is 1.74. The van der Waals surface area contributed by atoms with E-state index >= 15 is 0 Å². The summed E-state index contributed by atoms with van der Waals surface area (Å²) in [6.45, 7) is 0. The summed E-state index contributed by atoms with van der Waals surface area (Å²) in [5.74, 6) is 0.914. The van der Waals surface area contributed by atoms with Crippen molar-refractivity contribution in [1.29, 1.82) is 0 Å². The van der Waals surface area contributed by atoms with Gasteiger partial charge in [0.05, 0.1) is 7.11 Å². The minimum Gasteiger partial charge on any atom is -0.496 e. The number of hydrogen-bond acceptors (Lipinski definition) is 2. The molecule has 0 unspecified atom stereocenters. The second-order valence-corrected chi connectivity index (χ2v) is 5.14. The zero-order valence-electron chi connectivity index (χ0n) is 8.08. The average Bonchev–Trinajstić information content (AvgIpc) is 2.27. The van der Waals surface area contributed by atoms with Gasteiger partial charge in [0.25, 0.3) is 0 Å². The van der Waals surface area contributed by atoms with Gasteiger partial charge in [-0.2, -0.15) is 0 Å². The lowest BCUT2D eigenvalue weighted by molar-refractivity contribution is 0.409. The van der Waals surface area contributed by atoms with Crippen LogP contribution in [0.3, 0.4) is 0 Å². The number of methoxy groups -OCH3 is 2. The summed E-state index contributed by atoms with van der Waals surface area (Å²) >= 11 is -0.1000. The maximum absolute atomic E-state index is 5.30. The average molecular weight is 302 g/mol. The third-order valence-corrected chi connectivity index (χ3v) is 4.40. The Hall–Kier alpha value is -0.680. The molecule has 0 spiro atoms. The fourth-order valence-corrected chi connectivity index (χ4v) is 3.28. The van der Waals surface area contributed by atoms with E-state index in [-0.39, 0.29) is 20.7 Å². The maximum Gasteiger partial charge on any atom is 0.126 e. The van der Waals surface area contributed by atoms with E-state index in [1.807, 2.05) is 12.1 Å². The lowest BCUT2D eigenvalue weighted by Crippen LogP contribution is -2.28. The van der Waals surface area contributed by atoms with E-state index in [1.165, 1.54) is 5.22 Å². The molecular weight excluding hydrogens is 291 g/mol. The fourth-order valence-electron chi connectivity index (χ4n) is 1.35. The van der Waals surface area contributed by atoms with E-state index in [1.54, 1.807) is 14.2 Å². The summed E-state index contributed by atoms with van der Waals surface area (Å²) in [6, 6.07) is 6.10. The Balaban J connectivity index is 2.69. The summed E-state index contributed by atoms with van der Waals surface area (Å²) in [6.07, 6.45) is 2.08. The number of benzene rings is 1. The molecule has 0 saturated heterocycles. The number of hydrogen-bond donors (Lipinski definition) is 0. The quantitative estimate of drug-likeness (QED) is 0.758. The van der Waals surface area contributed by atoms with Crippen LogP contribution in [0.1, 0.15) is 0 Å². The molecule has 0 atom stereocenters. The fraction of sp³-hybridized carbons (Fsp3) is 0.182. The molecule has 14 heavy (non-hydrogen) atoms. The minimum absolute atomic E-state index is 0.1000. The number of ether oxygens (including phenoxy) is 2. The molecule has 0 aliphatic carbocycles. The Labute approximate surface area is 92.6 Å². The Morgan fingerprint density at radius 3 is 2.71 bits per heavy atom. The predicted molar refractivity (Wildman–Crippen MR) is 67.2 cm³/mol. The van der Waals surface area contributed by atoms with Crippen LogP contribution in [0.15, 0.2) is 18.2 Å². The van der Waals surface area contributed by atoms with E-state index in [0.29, 0.717) is 0 Å². The summed E-state index contributed by atoms with van der Waals surface area (Å²) in [5, 5.41) is 2.40. The molecule has 0 N–H and O–H groups in total. The zero-order chi connectivity index (χ0) is 9.97. The molecule has 0 fully saturated rings. The molecule has 2 nitrogen and oxygen atoms in total. The molecule has 3 heteroatoms. The first-order valence-electron chi connectivity index (χ1n) is 4.24. The van der Waals surface area contributed by atoms with Crippen LogP contribution >= 0.6 is 20.7 Å². The Morgan fingerprint density at radius 1 is 1.14 bits per heavy atom. The highest BCUT2D eigenvalue weighted by Gasteiger charge is 2.01. The molecule has 0 amide bonds. The van der Waals surface area contributed by atoms with Crippen molar-refractivity contribution >= 4 is 34.6 Å². The highest BCUT2D eigenvalue weighted by molar-refractivity contribution is 14.2. The van der Waals surface area contributed by atoms with Crippen LogP contribution in [0.5, 0.6) is 5.75 Å². The first kappa shape index (κ1) is 9.86. The molecule has 0 radical (unpaired) electrons. The van der Waals surface area contributed by atoms with E-state index < -0.39 is 0 Å². The second-order valence-electron chi connectivity index (χ2n) is 2.83. The van der Waals surface area contributed by atoms with Crippen molar-refractivity contribution < 1.29 is 9.47 Å². The van der Waals surface area contributed by atoms with Gasteiger partial charge in [-0.1, -0.05) is 32.9 Å². The number of rotatable bonds is 2. The van der Waals surface area contributed by atoms with Gasteiger partial charge in [0, 0.05) is 12.3 Å². The van der Waals surface area contributed by atoms with Crippen molar-refractivity contribution in [1.82, 2.24) is 0 Å². The van der Waals surface area contributed by atoms with Gasteiger partial charge in [-0.25, -0.2) is 0 Å². The summed E-state index contributed by atoms with van der Waals surface area (Å²) in [4.78, 5) is 0. The normalized spacial score (nSPS) is 14.0. The van der Waals surface area contributed by atoms with Gasteiger partial charge in [0.2, 0.25) is 0 Å². The van der Waals surface area contributed by atoms with Crippen molar-refractivity contribution in [3.05, 3.63) is 28.6 Å². The molecule has 1 aliphatic heterocycles. The first-order valence-corrected chi connectivity index (χ1v) is 6.57. The lowest BCUT2D eigenvalue weighted by Gasteiger charge is -2.05. The van der Waals surface area contributed by atoms with Crippen LogP contribution in [-0.4, -0.2) is 17.9 Å². The molecule has 1 heterocycles. The highest BCUT2D eigenvalue weighted by atomic mass is 127. The predicted octanol–water partition coefficient (Wildman–Crippen LogP) is 0.974. The van der Waals surface area contributed by atoms with Crippen LogP contribution in [0, 0.1) is 0 Å². The summed E-state index contributed by atoms with van der Waals surface area (Å²) < 4.78 is 13.9. The minimum atomic E-state index is -0.1000. The SMILES string of the molecule is COC1=IC=c2cccc(OC)c2=C1. The maximum atomic E-state index is 5.30. The van der Waals surface area contributed by atoms with Crippen LogP contribution < -0.4 is 15.2 Å². The Kier molecular flexibility index (Phi) is 2.98. The third-order valence-electron chi connectivity index (χ3n) is 2.05. The van der Waals surface area contributed by atoms with Gasteiger partial charge in [0.15, 0.2) is 0 Å². The zero-order valence-corrected chi connectivity index (χ0v) is 10.2. The van der Waals surface area contributed by atoms with Gasteiger partial charge in [0.1, 0.15) is 9.44 Å². The number of halogens is 1. The van der Waals surface area contributed by atoms with Crippen molar-refractivity contribution in [2.45, 2.75) is 0 Å². The Bertz CT molecular complexity index is 488. The van der Waals surface area contributed by atoms with Crippen molar-refractivity contribution in [2.75, 3.05) is 14.2 Å². The largest absolute Gasteiger partial charge is 0.496 e. The molecule has 2 rings (SSSR count). The monoisotopic (exact) mass is 302 g/mol. The van der Waals surface area contributed by atoms with Gasteiger partial charge in [-0.3, -0.25) is 0 Å². The van der Waals surface area contributed by atoms with E-state index in [0.717, 1.165) is 14.7 Å². The molecule has 0 saturated carbocycles. The van der Waals surface area contributed by atoms with Crippen molar-refractivity contribution in [3.8, 4) is 5.75 Å². The topological polar surface area (TPSA) is 18.5 Å². The van der Waals surface area contributed by atoms with Crippen molar-refractivity contribution in [3.63, 3.8) is 0 Å².